The van der Waals surface area contributed by atoms with Crippen LogP contribution in [0, 0.1) is 0 Å². The molecule has 0 fully saturated rings. The SMILES string of the molecule is CC(C)NC(=O)NC(=O)Cn1cc(CO)nn1. The molecule has 0 radical (unpaired) electrons. The second kappa shape index (κ2) is 5.94. The van der Waals surface area contributed by atoms with Crippen LogP contribution >= 0.6 is 0 Å². The summed E-state index contributed by atoms with van der Waals surface area (Å²) in [6.45, 7) is 3.21. The molecule has 1 aromatic rings. The van der Waals surface area contributed by atoms with Crippen LogP contribution in [-0.2, 0) is 17.9 Å². The van der Waals surface area contributed by atoms with Gasteiger partial charge in [0.2, 0.25) is 5.91 Å². The number of nitrogens with one attached hydrogen (secondary N) is 2. The second-order valence-corrected chi connectivity index (χ2v) is 3.74. The molecule has 8 nitrogen and oxygen atoms in total. The molecule has 0 aliphatic rings. The lowest BCUT2D eigenvalue weighted by Gasteiger charge is -2.08. The fraction of sp³-hybridized carbons (Fsp3) is 0.556. The number of carbonyl (C=O) groups is 2. The van der Waals surface area contributed by atoms with E-state index < -0.39 is 11.9 Å². The first-order valence-corrected chi connectivity index (χ1v) is 5.11. The standard InChI is InChI=1S/C9H15N5O3/c1-6(2)10-9(17)11-8(16)4-14-3-7(5-15)12-13-14/h3,6,15H,4-5H2,1-2H3,(H2,10,11,16,17). The minimum Gasteiger partial charge on any atom is -0.390 e. The number of rotatable bonds is 4. The Morgan fingerprint density at radius 1 is 1.53 bits per heavy atom. The Hall–Kier alpha value is -1.96. The van der Waals surface area contributed by atoms with E-state index in [1.54, 1.807) is 13.8 Å². The number of urea groups is 1. The number of hydrogen-bond acceptors (Lipinski definition) is 5. The highest BCUT2D eigenvalue weighted by Crippen LogP contribution is 1.91. The van der Waals surface area contributed by atoms with Crippen molar-refractivity contribution in [1.29, 1.82) is 0 Å². The van der Waals surface area contributed by atoms with Crippen LogP contribution in [0.25, 0.3) is 0 Å². The summed E-state index contributed by atoms with van der Waals surface area (Å²) in [5.41, 5.74) is 0.365. The van der Waals surface area contributed by atoms with Crippen LogP contribution in [0.2, 0.25) is 0 Å². The van der Waals surface area contributed by atoms with Crippen LogP contribution < -0.4 is 10.6 Å². The zero-order chi connectivity index (χ0) is 12.8. The Bertz CT molecular complexity index is 401. The van der Waals surface area contributed by atoms with Crippen LogP contribution in [0.4, 0.5) is 4.79 Å². The van der Waals surface area contributed by atoms with Gasteiger partial charge in [-0.2, -0.15) is 0 Å². The maximum Gasteiger partial charge on any atom is 0.321 e. The molecular formula is C9H15N5O3. The highest BCUT2D eigenvalue weighted by molar-refractivity contribution is 5.94. The first-order chi connectivity index (χ1) is 8.01. The van der Waals surface area contributed by atoms with Gasteiger partial charge in [-0.15, -0.1) is 5.10 Å². The van der Waals surface area contributed by atoms with Crippen molar-refractivity contribution >= 4 is 11.9 Å². The summed E-state index contributed by atoms with van der Waals surface area (Å²) in [6.07, 6.45) is 1.43. The first kappa shape index (κ1) is 13.1. The minimum absolute atomic E-state index is 0.0461. The highest BCUT2D eigenvalue weighted by atomic mass is 16.3. The molecule has 1 heterocycles. The van der Waals surface area contributed by atoms with Crippen LogP contribution in [-0.4, -0.2) is 38.1 Å². The normalized spacial score (nSPS) is 10.4. The van der Waals surface area contributed by atoms with Gasteiger partial charge >= 0.3 is 6.03 Å². The number of amides is 3. The highest BCUT2D eigenvalue weighted by Gasteiger charge is 2.10. The summed E-state index contributed by atoms with van der Waals surface area (Å²) >= 11 is 0. The van der Waals surface area contributed by atoms with Gasteiger partial charge in [0, 0.05) is 6.04 Å². The summed E-state index contributed by atoms with van der Waals surface area (Å²) < 4.78 is 1.24. The third-order valence-corrected chi connectivity index (χ3v) is 1.73. The molecule has 1 aromatic heterocycles. The smallest absolute Gasteiger partial charge is 0.321 e. The Labute approximate surface area is 98.0 Å². The molecule has 8 heteroatoms. The fourth-order valence-corrected chi connectivity index (χ4v) is 1.10. The van der Waals surface area contributed by atoms with E-state index in [9.17, 15) is 9.59 Å². The maximum atomic E-state index is 11.4. The van der Waals surface area contributed by atoms with E-state index in [1.807, 2.05) is 0 Å². The largest absolute Gasteiger partial charge is 0.390 e. The number of aliphatic hydroxyl groups is 1. The topological polar surface area (TPSA) is 109 Å². The molecular weight excluding hydrogens is 226 g/mol. The van der Waals surface area contributed by atoms with Gasteiger partial charge in [-0.05, 0) is 13.8 Å². The van der Waals surface area contributed by atoms with Gasteiger partial charge in [0.05, 0.1) is 12.8 Å². The van der Waals surface area contributed by atoms with E-state index >= 15 is 0 Å². The lowest BCUT2D eigenvalue weighted by Crippen LogP contribution is -2.43. The molecule has 17 heavy (non-hydrogen) atoms. The molecule has 0 aliphatic heterocycles. The molecule has 0 atom stereocenters. The van der Waals surface area contributed by atoms with Crippen LogP contribution in [0.15, 0.2) is 6.20 Å². The lowest BCUT2D eigenvalue weighted by atomic mass is 10.4. The molecule has 0 unspecified atom stereocenters. The van der Waals surface area contributed by atoms with Crippen molar-refractivity contribution in [3.05, 3.63) is 11.9 Å². The lowest BCUT2D eigenvalue weighted by molar-refractivity contribution is -0.120. The fourth-order valence-electron chi connectivity index (χ4n) is 1.10. The molecule has 94 valence electrons. The Balaban J connectivity index is 2.41. The van der Waals surface area contributed by atoms with Crippen LogP contribution in [0.1, 0.15) is 19.5 Å². The van der Waals surface area contributed by atoms with E-state index in [4.69, 9.17) is 5.11 Å². The first-order valence-electron chi connectivity index (χ1n) is 5.11. The van der Waals surface area contributed by atoms with Crippen molar-refractivity contribution in [3.8, 4) is 0 Å². The van der Waals surface area contributed by atoms with Crippen molar-refractivity contribution in [2.75, 3.05) is 0 Å². The van der Waals surface area contributed by atoms with E-state index in [-0.39, 0.29) is 19.2 Å². The predicted molar refractivity (Wildman–Crippen MR) is 57.8 cm³/mol. The number of nitrogens with zero attached hydrogens (tertiary/aromatic N) is 3. The van der Waals surface area contributed by atoms with Crippen molar-refractivity contribution in [1.82, 2.24) is 25.6 Å². The Morgan fingerprint density at radius 3 is 2.76 bits per heavy atom. The van der Waals surface area contributed by atoms with Gasteiger partial charge in [-0.25, -0.2) is 9.48 Å². The number of aliphatic hydroxyl groups excluding tert-OH is 1. The van der Waals surface area contributed by atoms with E-state index in [0.717, 1.165) is 0 Å². The third-order valence-electron chi connectivity index (χ3n) is 1.73. The van der Waals surface area contributed by atoms with E-state index in [2.05, 4.69) is 20.9 Å². The molecule has 0 saturated heterocycles. The molecule has 3 amide bonds. The van der Waals surface area contributed by atoms with E-state index in [1.165, 1.54) is 10.9 Å². The van der Waals surface area contributed by atoms with Gasteiger partial charge in [0.1, 0.15) is 12.2 Å². The van der Waals surface area contributed by atoms with Crippen LogP contribution in [0.3, 0.4) is 0 Å². The number of aromatic nitrogens is 3. The monoisotopic (exact) mass is 241 g/mol. The maximum absolute atomic E-state index is 11.4. The summed E-state index contributed by atoms with van der Waals surface area (Å²) in [6, 6.07) is -0.595. The predicted octanol–water partition coefficient (Wildman–Crippen LogP) is -0.995. The van der Waals surface area contributed by atoms with Crippen molar-refractivity contribution in [2.24, 2.45) is 0 Å². The van der Waals surface area contributed by atoms with Crippen molar-refractivity contribution in [2.45, 2.75) is 33.0 Å². The van der Waals surface area contributed by atoms with Gasteiger partial charge in [-0.3, -0.25) is 10.1 Å². The van der Waals surface area contributed by atoms with Gasteiger partial charge in [-0.1, -0.05) is 5.21 Å². The molecule has 0 spiro atoms. The molecule has 3 N–H and O–H groups in total. The van der Waals surface area contributed by atoms with Crippen LogP contribution in [0.5, 0.6) is 0 Å². The average Bonchev–Trinajstić information content (AvgIpc) is 2.63. The van der Waals surface area contributed by atoms with Crippen molar-refractivity contribution < 1.29 is 14.7 Å². The second-order valence-electron chi connectivity index (χ2n) is 3.74. The summed E-state index contributed by atoms with van der Waals surface area (Å²) in [7, 11) is 0. The zero-order valence-electron chi connectivity index (χ0n) is 9.67. The molecule has 0 saturated carbocycles. The van der Waals surface area contributed by atoms with Gasteiger partial charge < -0.3 is 10.4 Å². The molecule has 0 aliphatic carbocycles. The quantitative estimate of drug-likeness (QED) is 0.626. The molecule has 0 aromatic carbocycles. The summed E-state index contributed by atoms with van der Waals surface area (Å²) in [5, 5.41) is 20.6. The van der Waals surface area contributed by atoms with Gasteiger partial charge in [0.25, 0.3) is 0 Å². The molecule has 0 bridgehead atoms. The number of hydrogen-bond donors (Lipinski definition) is 3. The summed E-state index contributed by atoms with van der Waals surface area (Å²) in [5.74, 6) is -0.502. The number of carbonyl (C=O) groups excluding carboxylic acids is 2. The minimum atomic E-state index is -0.549. The number of imide groups is 1. The zero-order valence-corrected chi connectivity index (χ0v) is 9.67. The third kappa shape index (κ3) is 4.60. The Morgan fingerprint density at radius 2 is 2.24 bits per heavy atom. The van der Waals surface area contributed by atoms with E-state index in [0.29, 0.717) is 5.69 Å². The van der Waals surface area contributed by atoms with Gasteiger partial charge in [0.15, 0.2) is 0 Å². The average molecular weight is 241 g/mol. The molecule has 1 rings (SSSR count). The summed E-state index contributed by atoms with van der Waals surface area (Å²) in [4.78, 5) is 22.6. The van der Waals surface area contributed by atoms with Crippen molar-refractivity contribution in [3.63, 3.8) is 0 Å². The Kier molecular flexibility index (Phi) is 4.58.